The molecule has 0 saturated carbocycles. The lowest BCUT2D eigenvalue weighted by atomic mass is 10.2. The van der Waals surface area contributed by atoms with Gasteiger partial charge in [0.15, 0.2) is 17.4 Å². The van der Waals surface area contributed by atoms with Crippen LogP contribution in [0.2, 0.25) is 5.02 Å². The first kappa shape index (κ1) is 20.3. The predicted octanol–water partition coefficient (Wildman–Crippen LogP) is 3.49. The number of furan rings is 1. The largest absolute Gasteiger partial charge is 0.461 e. The predicted molar refractivity (Wildman–Crippen MR) is 120 cm³/mol. The molecule has 1 aliphatic rings. The summed E-state index contributed by atoms with van der Waals surface area (Å²) in [6, 6.07) is 10.3. The summed E-state index contributed by atoms with van der Waals surface area (Å²) in [6.45, 7) is 2.84. The lowest BCUT2D eigenvalue weighted by Gasteiger charge is -2.33. The van der Waals surface area contributed by atoms with E-state index in [4.69, 9.17) is 21.8 Å². The minimum absolute atomic E-state index is 0.311. The first-order chi connectivity index (χ1) is 15.5. The fourth-order valence-corrected chi connectivity index (χ4v) is 3.72. The highest BCUT2D eigenvalue weighted by molar-refractivity contribution is 6.30. The lowest BCUT2D eigenvalue weighted by Crippen LogP contribution is -2.61. The van der Waals surface area contributed by atoms with E-state index in [-0.39, 0.29) is 0 Å². The molecule has 0 bridgehead atoms. The van der Waals surface area contributed by atoms with Crippen molar-refractivity contribution in [3.63, 3.8) is 0 Å². The second-order valence-electron chi connectivity index (χ2n) is 7.51. The summed E-state index contributed by atoms with van der Waals surface area (Å²) in [5.41, 5.74) is 7.81. The Morgan fingerprint density at radius 3 is 2.94 bits per heavy atom. The van der Waals surface area contributed by atoms with E-state index in [2.05, 4.69) is 32.7 Å². The lowest BCUT2D eigenvalue weighted by molar-refractivity contribution is -0.123. The van der Waals surface area contributed by atoms with Crippen molar-refractivity contribution in [2.45, 2.75) is 32.1 Å². The van der Waals surface area contributed by atoms with Gasteiger partial charge in [-0.3, -0.25) is 15.2 Å². The smallest absolute Gasteiger partial charge is 0.289 e. The van der Waals surface area contributed by atoms with Gasteiger partial charge in [0.05, 0.1) is 11.8 Å². The Bertz CT molecular complexity index is 1280. The van der Waals surface area contributed by atoms with Crippen LogP contribution in [0.5, 0.6) is 0 Å². The van der Waals surface area contributed by atoms with Crippen molar-refractivity contribution in [1.29, 1.82) is 0 Å². The van der Waals surface area contributed by atoms with Gasteiger partial charge in [0.1, 0.15) is 0 Å². The monoisotopic (exact) mass is 452 g/mol. The second kappa shape index (κ2) is 7.81. The van der Waals surface area contributed by atoms with Crippen LogP contribution in [0.1, 0.15) is 19.8 Å². The molecule has 0 radical (unpaired) electrons. The van der Waals surface area contributed by atoms with Crippen molar-refractivity contribution in [3.05, 3.63) is 53.9 Å². The third-order valence-electron chi connectivity index (χ3n) is 5.16. The Morgan fingerprint density at radius 2 is 2.19 bits per heavy atom. The molecule has 1 unspecified atom stereocenters. The number of aryl methyl sites for hydroxylation is 1. The summed E-state index contributed by atoms with van der Waals surface area (Å²) in [4.78, 5) is 18.0. The van der Waals surface area contributed by atoms with Gasteiger partial charge in [-0.25, -0.2) is 4.98 Å². The van der Waals surface area contributed by atoms with Crippen molar-refractivity contribution in [1.82, 2.24) is 24.5 Å². The quantitative estimate of drug-likeness (QED) is 0.408. The fourth-order valence-electron chi connectivity index (χ4n) is 3.53. The number of fused-ring (bicyclic) bond motifs is 3. The number of amides is 1. The molecule has 4 N–H and O–H groups in total. The molecule has 32 heavy (non-hydrogen) atoms. The number of aromatic nitrogens is 5. The molecule has 4 heterocycles. The van der Waals surface area contributed by atoms with Crippen molar-refractivity contribution < 1.29 is 9.21 Å². The summed E-state index contributed by atoms with van der Waals surface area (Å²) in [6.07, 6.45) is 5.40. The van der Waals surface area contributed by atoms with Crippen molar-refractivity contribution in [3.8, 4) is 23.0 Å². The van der Waals surface area contributed by atoms with E-state index >= 15 is 0 Å². The van der Waals surface area contributed by atoms with Crippen LogP contribution in [0.25, 0.3) is 23.0 Å². The molecule has 0 saturated heterocycles. The number of hydrogen-bond acceptors (Lipinski definition) is 7. The summed E-state index contributed by atoms with van der Waals surface area (Å²) in [7, 11) is 0. The zero-order chi connectivity index (χ0) is 22.3. The highest BCUT2D eigenvalue weighted by Crippen LogP contribution is 2.36. The van der Waals surface area contributed by atoms with Crippen LogP contribution < -0.4 is 16.4 Å². The maximum atomic E-state index is 13.4. The van der Waals surface area contributed by atoms with Crippen LogP contribution in [-0.4, -0.2) is 30.5 Å². The van der Waals surface area contributed by atoms with Gasteiger partial charge in [0, 0.05) is 23.5 Å². The van der Waals surface area contributed by atoms with Crippen LogP contribution >= 0.6 is 11.6 Å². The average molecular weight is 453 g/mol. The van der Waals surface area contributed by atoms with Crippen LogP contribution in [0.15, 0.2) is 53.3 Å². The second-order valence-corrected chi connectivity index (χ2v) is 7.95. The van der Waals surface area contributed by atoms with Crippen LogP contribution in [0.3, 0.4) is 0 Å². The van der Waals surface area contributed by atoms with E-state index < -0.39 is 11.7 Å². The van der Waals surface area contributed by atoms with Gasteiger partial charge >= 0.3 is 0 Å². The van der Waals surface area contributed by atoms with Crippen LogP contribution in [-0.2, 0) is 17.1 Å². The van der Waals surface area contributed by atoms with E-state index in [1.54, 1.807) is 36.4 Å². The number of hydrogen-bond donors (Lipinski definition) is 3. The zero-order valence-electron chi connectivity index (χ0n) is 17.2. The Morgan fingerprint density at radius 1 is 1.31 bits per heavy atom. The third-order valence-corrected chi connectivity index (χ3v) is 5.40. The maximum Gasteiger partial charge on any atom is 0.289 e. The van der Waals surface area contributed by atoms with Gasteiger partial charge in [-0.1, -0.05) is 31.0 Å². The number of anilines is 2. The molecular weight excluding hydrogens is 432 g/mol. The molecule has 3 aromatic heterocycles. The number of nitrogens with zero attached hydrogens (tertiary/aromatic N) is 5. The van der Waals surface area contributed by atoms with Crippen molar-refractivity contribution in [2.75, 3.05) is 10.6 Å². The Balaban J connectivity index is 1.58. The van der Waals surface area contributed by atoms with Gasteiger partial charge in [-0.15, -0.1) is 5.10 Å². The summed E-state index contributed by atoms with van der Waals surface area (Å²) in [5, 5.41) is 15.4. The molecule has 0 fully saturated rings. The number of halogens is 1. The number of benzene rings is 1. The Hall–Kier alpha value is -3.63. The standard InChI is InChI=1S/C21H21ClN8O2/c1-2-3-9-29-12-15-17(27-29)26-21(23,20(31)24-14-7-4-6-13(22)11-14)30-19(15)25-18(28-30)16-8-5-10-32-16/h4-8,10-12H,2-3,9,23H2,1H3,(H,24,31)(H,26,27). The van der Waals surface area contributed by atoms with Gasteiger partial charge in [-0.2, -0.15) is 9.78 Å². The van der Waals surface area contributed by atoms with E-state index in [1.807, 2.05) is 10.9 Å². The number of unbranched alkanes of at least 4 members (excludes halogenated alkanes) is 1. The van der Waals surface area contributed by atoms with Crippen molar-refractivity contribution >= 4 is 29.0 Å². The molecule has 164 valence electrons. The SMILES string of the molecule is CCCCn1cc2c(n1)NC(N)(C(=O)Nc1cccc(Cl)c1)n1nc(-c3ccco3)nc1-2. The molecule has 1 atom stereocenters. The zero-order valence-corrected chi connectivity index (χ0v) is 18.0. The highest BCUT2D eigenvalue weighted by Gasteiger charge is 2.45. The van der Waals surface area contributed by atoms with Gasteiger partial charge in [0.25, 0.3) is 11.7 Å². The maximum absolute atomic E-state index is 13.4. The fraction of sp³-hybridized carbons (Fsp3) is 0.238. The van der Waals surface area contributed by atoms with E-state index in [0.717, 1.165) is 19.4 Å². The highest BCUT2D eigenvalue weighted by atomic mass is 35.5. The number of nitrogens with one attached hydrogen (secondary N) is 2. The molecule has 10 nitrogen and oxygen atoms in total. The molecule has 0 aliphatic carbocycles. The minimum atomic E-state index is -1.79. The van der Waals surface area contributed by atoms with Crippen LogP contribution in [0, 0.1) is 0 Å². The van der Waals surface area contributed by atoms with Crippen molar-refractivity contribution in [2.24, 2.45) is 5.73 Å². The van der Waals surface area contributed by atoms with Crippen LogP contribution in [0.4, 0.5) is 11.5 Å². The Kier molecular flexibility index (Phi) is 4.95. The van der Waals surface area contributed by atoms with Gasteiger partial charge in [0.2, 0.25) is 5.82 Å². The number of carbonyl (C=O) groups is 1. The molecular formula is C21H21ClN8O2. The number of rotatable bonds is 6. The summed E-state index contributed by atoms with van der Waals surface area (Å²) >= 11 is 6.05. The minimum Gasteiger partial charge on any atom is -0.461 e. The van der Waals surface area contributed by atoms with E-state index in [1.165, 1.54) is 10.9 Å². The van der Waals surface area contributed by atoms with E-state index in [9.17, 15) is 4.79 Å². The first-order valence-corrected chi connectivity index (χ1v) is 10.6. The average Bonchev–Trinajstić information content (AvgIpc) is 3.51. The number of nitrogens with two attached hydrogens (primary N) is 1. The number of carbonyl (C=O) groups excluding carboxylic acids is 1. The van der Waals surface area contributed by atoms with Gasteiger partial charge in [-0.05, 0) is 36.8 Å². The molecule has 1 amide bonds. The topological polar surface area (TPSA) is 129 Å². The summed E-state index contributed by atoms with van der Waals surface area (Å²) < 4.78 is 8.62. The summed E-state index contributed by atoms with van der Waals surface area (Å²) in [5.74, 6) is -0.694. The molecule has 0 spiro atoms. The normalized spacial score (nSPS) is 16.8. The molecule has 1 aliphatic heterocycles. The molecule has 11 heteroatoms. The molecule has 5 rings (SSSR count). The third kappa shape index (κ3) is 3.43. The molecule has 1 aromatic carbocycles. The van der Waals surface area contributed by atoms with Gasteiger partial charge < -0.3 is 15.1 Å². The van der Waals surface area contributed by atoms with E-state index in [0.29, 0.717) is 39.5 Å². The molecule has 4 aromatic rings. The first-order valence-electron chi connectivity index (χ1n) is 10.2. The Labute approximate surface area is 188 Å².